The van der Waals surface area contributed by atoms with Crippen LogP contribution in [0.2, 0.25) is 5.02 Å². The van der Waals surface area contributed by atoms with Crippen LogP contribution in [-0.4, -0.2) is 25.6 Å². The molecule has 124 valence electrons. The van der Waals surface area contributed by atoms with Crippen molar-refractivity contribution in [2.24, 2.45) is 0 Å². The molecule has 1 aromatic carbocycles. The summed E-state index contributed by atoms with van der Waals surface area (Å²) in [5, 5.41) is 9.86. The van der Waals surface area contributed by atoms with Gasteiger partial charge in [-0.1, -0.05) is 35.5 Å². The van der Waals surface area contributed by atoms with Crippen molar-refractivity contribution >= 4 is 23.4 Å². The van der Waals surface area contributed by atoms with Gasteiger partial charge in [0.05, 0.1) is 12.1 Å². The Morgan fingerprint density at radius 1 is 1.17 bits per heavy atom. The van der Waals surface area contributed by atoms with Crippen molar-refractivity contribution < 1.29 is 0 Å². The van der Waals surface area contributed by atoms with Gasteiger partial charge in [-0.3, -0.25) is 4.79 Å². The molecule has 0 N–H and O–H groups in total. The lowest BCUT2D eigenvalue weighted by Gasteiger charge is -2.09. The molecule has 0 spiro atoms. The first-order valence-electron chi connectivity index (χ1n) is 7.55. The molecule has 2 aromatic heterocycles. The molecule has 0 bridgehead atoms. The Morgan fingerprint density at radius 3 is 2.58 bits per heavy atom. The summed E-state index contributed by atoms with van der Waals surface area (Å²) in [5.41, 5.74) is 1.49. The van der Waals surface area contributed by atoms with Crippen LogP contribution in [0.5, 0.6) is 0 Å². The normalized spacial score (nSPS) is 11.0. The van der Waals surface area contributed by atoms with Crippen molar-refractivity contribution in [2.75, 3.05) is 6.26 Å². The number of thioether (sulfide) groups is 1. The van der Waals surface area contributed by atoms with Gasteiger partial charge in [0, 0.05) is 17.8 Å². The number of rotatable bonds is 5. The topological polar surface area (TPSA) is 52.7 Å². The van der Waals surface area contributed by atoms with E-state index in [-0.39, 0.29) is 5.56 Å². The lowest BCUT2D eigenvalue weighted by atomic mass is 10.2. The third kappa shape index (κ3) is 3.25. The molecule has 24 heavy (non-hydrogen) atoms. The summed E-state index contributed by atoms with van der Waals surface area (Å²) in [7, 11) is 0. The fourth-order valence-corrected chi connectivity index (χ4v) is 3.23. The summed E-state index contributed by atoms with van der Waals surface area (Å²) in [6.45, 7) is 3.21. The predicted octanol–water partition coefficient (Wildman–Crippen LogP) is 3.55. The third-order valence-electron chi connectivity index (χ3n) is 3.74. The molecule has 3 aromatic rings. The first kappa shape index (κ1) is 16.8. The van der Waals surface area contributed by atoms with E-state index >= 15 is 0 Å². The van der Waals surface area contributed by atoms with E-state index in [1.165, 1.54) is 11.8 Å². The highest BCUT2D eigenvalue weighted by Crippen LogP contribution is 2.20. The molecule has 0 unspecified atom stereocenters. The van der Waals surface area contributed by atoms with Crippen molar-refractivity contribution in [1.29, 1.82) is 0 Å². The molecule has 0 saturated heterocycles. The number of hydrogen-bond donors (Lipinski definition) is 0. The highest BCUT2D eigenvalue weighted by atomic mass is 35.5. The highest BCUT2D eigenvalue weighted by Gasteiger charge is 2.15. The zero-order chi connectivity index (χ0) is 17.1. The molecule has 0 atom stereocenters. The Kier molecular flexibility index (Phi) is 5.06. The van der Waals surface area contributed by atoms with Crippen LogP contribution >= 0.6 is 23.4 Å². The summed E-state index contributed by atoms with van der Waals surface area (Å²) in [6, 6.07) is 11.1. The summed E-state index contributed by atoms with van der Waals surface area (Å²) in [4.78, 5) is 12.9. The predicted molar refractivity (Wildman–Crippen MR) is 97.7 cm³/mol. The summed E-state index contributed by atoms with van der Waals surface area (Å²) in [6.07, 6.45) is 3.73. The quantitative estimate of drug-likeness (QED) is 0.653. The minimum absolute atomic E-state index is 0.0813. The molecule has 0 amide bonds. The Labute approximate surface area is 149 Å². The van der Waals surface area contributed by atoms with Gasteiger partial charge in [-0.25, -0.2) is 0 Å². The SMILES string of the molecule is CCn1c(SC)nnc1-c1cccn(Cc2ccc(Cl)cc2)c1=O. The van der Waals surface area contributed by atoms with Crippen LogP contribution in [0.1, 0.15) is 12.5 Å². The summed E-state index contributed by atoms with van der Waals surface area (Å²) < 4.78 is 3.63. The van der Waals surface area contributed by atoms with Crippen molar-refractivity contribution in [3.8, 4) is 11.4 Å². The smallest absolute Gasteiger partial charge is 0.261 e. The number of halogens is 1. The summed E-state index contributed by atoms with van der Waals surface area (Å²) >= 11 is 7.43. The van der Waals surface area contributed by atoms with E-state index in [4.69, 9.17) is 11.6 Å². The van der Waals surface area contributed by atoms with Gasteiger partial charge in [0.25, 0.3) is 5.56 Å². The Hall–Kier alpha value is -2.05. The van der Waals surface area contributed by atoms with E-state index in [9.17, 15) is 4.79 Å². The van der Waals surface area contributed by atoms with Gasteiger partial charge in [-0.2, -0.15) is 0 Å². The Morgan fingerprint density at radius 2 is 1.92 bits per heavy atom. The van der Waals surface area contributed by atoms with Crippen LogP contribution in [0.3, 0.4) is 0 Å². The fourth-order valence-electron chi connectivity index (χ4n) is 2.54. The molecule has 0 fully saturated rings. The van der Waals surface area contributed by atoms with E-state index in [0.29, 0.717) is 29.5 Å². The van der Waals surface area contributed by atoms with E-state index in [2.05, 4.69) is 10.2 Å². The molecule has 0 radical (unpaired) electrons. The van der Waals surface area contributed by atoms with Crippen molar-refractivity contribution in [1.82, 2.24) is 19.3 Å². The van der Waals surface area contributed by atoms with Crippen LogP contribution in [-0.2, 0) is 13.1 Å². The first-order valence-corrected chi connectivity index (χ1v) is 9.15. The number of nitrogens with zero attached hydrogens (tertiary/aromatic N) is 4. The standard InChI is InChI=1S/C17H17ClN4OS/c1-3-22-15(19-20-17(22)24-2)14-5-4-10-21(16(14)23)11-12-6-8-13(18)9-7-12/h4-10H,3,11H2,1-2H3. The zero-order valence-electron chi connectivity index (χ0n) is 13.4. The molecular formula is C17H17ClN4OS. The molecule has 0 aliphatic rings. The van der Waals surface area contributed by atoms with Gasteiger partial charge in [-0.15, -0.1) is 10.2 Å². The second-order valence-corrected chi connectivity index (χ2v) is 6.45. The average Bonchev–Trinajstić information content (AvgIpc) is 3.01. The largest absolute Gasteiger partial charge is 0.310 e. The second-order valence-electron chi connectivity index (χ2n) is 5.24. The fraction of sp³-hybridized carbons (Fsp3) is 0.235. The molecule has 5 nitrogen and oxygen atoms in total. The van der Waals surface area contributed by atoms with Crippen molar-refractivity contribution in [3.05, 3.63) is 63.5 Å². The van der Waals surface area contributed by atoms with E-state index in [1.807, 2.05) is 48.1 Å². The van der Waals surface area contributed by atoms with Crippen molar-refractivity contribution in [3.63, 3.8) is 0 Å². The van der Waals surface area contributed by atoms with Gasteiger partial charge < -0.3 is 9.13 Å². The van der Waals surface area contributed by atoms with Crippen LogP contribution in [0, 0.1) is 0 Å². The zero-order valence-corrected chi connectivity index (χ0v) is 15.0. The van der Waals surface area contributed by atoms with Crippen LogP contribution in [0.25, 0.3) is 11.4 Å². The van der Waals surface area contributed by atoms with Crippen LogP contribution < -0.4 is 5.56 Å². The molecule has 3 rings (SSSR count). The third-order valence-corrected chi connectivity index (χ3v) is 4.66. The maximum Gasteiger partial charge on any atom is 0.261 e. The maximum atomic E-state index is 12.9. The maximum absolute atomic E-state index is 12.9. The minimum atomic E-state index is -0.0813. The van der Waals surface area contributed by atoms with Gasteiger partial charge in [0.2, 0.25) is 0 Å². The van der Waals surface area contributed by atoms with Crippen LogP contribution in [0.4, 0.5) is 0 Å². The minimum Gasteiger partial charge on any atom is -0.310 e. The summed E-state index contributed by atoms with van der Waals surface area (Å²) in [5.74, 6) is 0.609. The molecule has 0 aliphatic carbocycles. The number of aromatic nitrogens is 4. The van der Waals surface area contributed by atoms with Gasteiger partial charge >= 0.3 is 0 Å². The first-order chi connectivity index (χ1) is 11.6. The van der Waals surface area contributed by atoms with Gasteiger partial charge in [0.15, 0.2) is 11.0 Å². The second kappa shape index (κ2) is 7.23. The van der Waals surface area contributed by atoms with Gasteiger partial charge in [-0.05, 0) is 43.0 Å². The lowest BCUT2D eigenvalue weighted by Crippen LogP contribution is -2.22. The molecule has 0 saturated carbocycles. The molecule has 0 aliphatic heterocycles. The average molecular weight is 361 g/mol. The van der Waals surface area contributed by atoms with E-state index < -0.39 is 0 Å². The van der Waals surface area contributed by atoms with E-state index in [1.54, 1.807) is 16.8 Å². The number of pyridine rings is 1. The highest BCUT2D eigenvalue weighted by molar-refractivity contribution is 7.98. The van der Waals surface area contributed by atoms with E-state index in [0.717, 1.165) is 10.7 Å². The molecular weight excluding hydrogens is 344 g/mol. The molecule has 2 heterocycles. The molecule has 7 heteroatoms. The lowest BCUT2D eigenvalue weighted by molar-refractivity contribution is 0.685. The monoisotopic (exact) mass is 360 g/mol. The van der Waals surface area contributed by atoms with Crippen LogP contribution in [0.15, 0.2) is 52.5 Å². The van der Waals surface area contributed by atoms with Crippen molar-refractivity contribution in [2.45, 2.75) is 25.2 Å². The number of hydrogen-bond acceptors (Lipinski definition) is 4. The van der Waals surface area contributed by atoms with Gasteiger partial charge in [0.1, 0.15) is 0 Å². The Bertz CT molecular complexity index is 902. The Balaban J connectivity index is 2.01. The number of benzene rings is 1.